The molecule has 0 atom stereocenters. The van der Waals surface area contributed by atoms with Crippen LogP contribution in [0.1, 0.15) is 21.5 Å². The smallest absolute Gasteiger partial charge is 0.344 e. The number of hydrogen-bond acceptors (Lipinski definition) is 7. The average molecular weight is 448 g/mol. The van der Waals surface area contributed by atoms with Crippen molar-refractivity contribution in [1.82, 2.24) is 9.97 Å². The quantitative estimate of drug-likeness (QED) is 0.221. The number of ether oxygens (including phenoxy) is 1. The Labute approximate surface area is 181 Å². The number of hydrogen-bond donors (Lipinski definition) is 1. The number of rotatable bonds is 8. The summed E-state index contributed by atoms with van der Waals surface area (Å²) in [7, 11) is 1.29. The van der Waals surface area contributed by atoms with Crippen molar-refractivity contribution in [2.24, 2.45) is 0 Å². The standard InChI is InChI=1S/C21H19F2N3O2S2/c1-28-20(27)17-18(24-11-14-8-9-15(22)16(23)10-14)25-21(29-2)26-19(17)30-12-13-6-4-3-5-7-13/h3-10H,11-12H2,1-2H3,(H,24,25,26). The summed E-state index contributed by atoms with van der Waals surface area (Å²) in [6, 6.07) is 13.4. The molecule has 0 fully saturated rings. The Balaban J connectivity index is 1.91. The van der Waals surface area contributed by atoms with Gasteiger partial charge >= 0.3 is 5.97 Å². The minimum absolute atomic E-state index is 0.148. The van der Waals surface area contributed by atoms with Crippen molar-refractivity contribution in [3.63, 3.8) is 0 Å². The van der Waals surface area contributed by atoms with Crippen LogP contribution in [0.3, 0.4) is 0 Å². The molecule has 1 aromatic heterocycles. The molecule has 0 saturated heterocycles. The summed E-state index contributed by atoms with van der Waals surface area (Å²) in [4.78, 5) is 21.4. The minimum atomic E-state index is -0.936. The Kier molecular flexibility index (Phi) is 7.64. The van der Waals surface area contributed by atoms with E-state index in [-0.39, 0.29) is 17.9 Å². The summed E-state index contributed by atoms with van der Waals surface area (Å²) in [5.74, 6) is -1.54. The van der Waals surface area contributed by atoms with Crippen molar-refractivity contribution >= 4 is 35.3 Å². The molecule has 0 spiro atoms. The summed E-state index contributed by atoms with van der Waals surface area (Å²) in [6.07, 6.45) is 1.83. The molecule has 0 amide bonds. The normalized spacial score (nSPS) is 10.7. The van der Waals surface area contributed by atoms with Gasteiger partial charge in [-0.25, -0.2) is 23.5 Å². The average Bonchev–Trinajstić information content (AvgIpc) is 2.78. The lowest BCUT2D eigenvalue weighted by Gasteiger charge is -2.14. The van der Waals surface area contributed by atoms with Gasteiger partial charge in [-0.2, -0.15) is 0 Å². The van der Waals surface area contributed by atoms with E-state index in [1.165, 1.54) is 36.7 Å². The van der Waals surface area contributed by atoms with E-state index < -0.39 is 17.6 Å². The summed E-state index contributed by atoms with van der Waals surface area (Å²) < 4.78 is 31.6. The largest absolute Gasteiger partial charge is 0.465 e. The van der Waals surface area contributed by atoms with E-state index in [9.17, 15) is 13.6 Å². The fourth-order valence-electron chi connectivity index (χ4n) is 2.59. The third kappa shape index (κ3) is 5.48. The van der Waals surface area contributed by atoms with Crippen molar-refractivity contribution in [1.29, 1.82) is 0 Å². The van der Waals surface area contributed by atoms with Gasteiger partial charge in [0, 0.05) is 12.3 Å². The monoisotopic (exact) mass is 447 g/mol. The molecular weight excluding hydrogens is 428 g/mol. The number of carbonyl (C=O) groups excluding carboxylic acids is 1. The van der Waals surface area contributed by atoms with Crippen LogP contribution in [0, 0.1) is 11.6 Å². The highest BCUT2D eigenvalue weighted by Gasteiger charge is 2.22. The fraction of sp³-hybridized carbons (Fsp3) is 0.190. The van der Waals surface area contributed by atoms with E-state index >= 15 is 0 Å². The summed E-state index contributed by atoms with van der Waals surface area (Å²) in [6.45, 7) is 0.148. The molecule has 156 valence electrons. The second kappa shape index (κ2) is 10.4. The van der Waals surface area contributed by atoms with Gasteiger partial charge in [-0.15, -0.1) is 11.8 Å². The molecule has 0 aliphatic heterocycles. The van der Waals surface area contributed by atoms with Crippen LogP contribution in [-0.4, -0.2) is 29.3 Å². The van der Waals surface area contributed by atoms with Crippen molar-refractivity contribution in [3.05, 3.63) is 76.9 Å². The minimum Gasteiger partial charge on any atom is -0.465 e. The van der Waals surface area contributed by atoms with Gasteiger partial charge in [0.25, 0.3) is 0 Å². The first-order valence-corrected chi connectivity index (χ1v) is 11.1. The third-order valence-electron chi connectivity index (χ3n) is 4.09. The topological polar surface area (TPSA) is 64.1 Å². The first kappa shape index (κ1) is 22.0. The van der Waals surface area contributed by atoms with E-state index in [0.29, 0.717) is 21.5 Å². The van der Waals surface area contributed by atoms with E-state index in [2.05, 4.69) is 15.3 Å². The zero-order valence-electron chi connectivity index (χ0n) is 16.3. The van der Waals surface area contributed by atoms with Crippen LogP contribution in [0.2, 0.25) is 0 Å². The SMILES string of the molecule is COC(=O)c1c(NCc2ccc(F)c(F)c2)nc(SC)nc1SCc1ccccc1. The number of anilines is 1. The summed E-state index contributed by atoms with van der Waals surface area (Å²) in [5, 5.41) is 4.00. The molecule has 5 nitrogen and oxygen atoms in total. The highest BCUT2D eigenvalue weighted by atomic mass is 32.2. The highest BCUT2D eigenvalue weighted by Crippen LogP contribution is 2.31. The number of thioether (sulfide) groups is 2. The first-order valence-electron chi connectivity index (χ1n) is 8.90. The molecule has 0 saturated carbocycles. The van der Waals surface area contributed by atoms with Crippen LogP contribution in [0.5, 0.6) is 0 Å². The van der Waals surface area contributed by atoms with Crippen molar-refractivity contribution in [2.45, 2.75) is 22.5 Å². The number of nitrogens with one attached hydrogen (secondary N) is 1. The number of aromatic nitrogens is 2. The summed E-state index contributed by atoms with van der Waals surface area (Å²) in [5.41, 5.74) is 1.80. The van der Waals surface area contributed by atoms with Crippen LogP contribution < -0.4 is 5.32 Å². The second-order valence-electron chi connectivity index (χ2n) is 6.11. The van der Waals surface area contributed by atoms with E-state index in [1.54, 1.807) is 0 Å². The van der Waals surface area contributed by atoms with E-state index in [4.69, 9.17) is 4.74 Å². The van der Waals surface area contributed by atoms with Crippen LogP contribution in [-0.2, 0) is 17.0 Å². The lowest BCUT2D eigenvalue weighted by molar-refractivity contribution is 0.0596. The molecular formula is C21H19F2N3O2S2. The highest BCUT2D eigenvalue weighted by molar-refractivity contribution is 7.99. The maximum absolute atomic E-state index is 13.5. The van der Waals surface area contributed by atoms with Gasteiger partial charge in [-0.3, -0.25) is 0 Å². The molecule has 9 heteroatoms. The maximum Gasteiger partial charge on any atom is 0.344 e. The molecule has 0 aliphatic rings. The number of nitrogens with zero attached hydrogens (tertiary/aromatic N) is 2. The van der Waals surface area contributed by atoms with Crippen molar-refractivity contribution < 1.29 is 18.3 Å². The molecule has 3 aromatic rings. The Morgan fingerprint density at radius 2 is 1.83 bits per heavy atom. The zero-order chi connectivity index (χ0) is 21.5. The van der Waals surface area contributed by atoms with Gasteiger partial charge in [0.1, 0.15) is 16.4 Å². The van der Waals surface area contributed by atoms with Gasteiger partial charge in [-0.05, 0) is 29.5 Å². The van der Waals surface area contributed by atoms with Crippen LogP contribution >= 0.6 is 23.5 Å². The number of benzene rings is 2. The molecule has 30 heavy (non-hydrogen) atoms. The van der Waals surface area contributed by atoms with Crippen molar-refractivity contribution in [3.8, 4) is 0 Å². The molecule has 0 unspecified atom stereocenters. The molecule has 3 rings (SSSR count). The van der Waals surface area contributed by atoms with Crippen LogP contribution in [0.25, 0.3) is 0 Å². The predicted molar refractivity (Wildman–Crippen MR) is 115 cm³/mol. The third-order valence-corrected chi connectivity index (χ3v) is 5.68. The van der Waals surface area contributed by atoms with Gasteiger partial charge < -0.3 is 10.1 Å². The molecule has 0 aliphatic carbocycles. The van der Waals surface area contributed by atoms with E-state index in [0.717, 1.165) is 17.7 Å². The predicted octanol–water partition coefficient (Wildman–Crippen LogP) is 5.17. The lowest BCUT2D eigenvalue weighted by atomic mass is 10.2. The Bertz CT molecular complexity index is 1040. The fourth-order valence-corrected chi connectivity index (χ4v) is 3.99. The van der Waals surface area contributed by atoms with Crippen LogP contribution in [0.15, 0.2) is 58.7 Å². The van der Waals surface area contributed by atoms with Gasteiger partial charge in [0.2, 0.25) is 0 Å². The molecule has 2 aromatic carbocycles. The first-order chi connectivity index (χ1) is 14.5. The Hall–Kier alpha value is -2.65. The maximum atomic E-state index is 13.5. The van der Waals surface area contributed by atoms with Gasteiger partial charge in [0.05, 0.1) is 7.11 Å². The molecule has 0 bridgehead atoms. The number of halogens is 2. The number of esters is 1. The molecule has 1 heterocycles. The van der Waals surface area contributed by atoms with Gasteiger partial charge in [0.15, 0.2) is 16.8 Å². The second-order valence-corrected chi connectivity index (χ2v) is 7.84. The Morgan fingerprint density at radius 1 is 1.07 bits per heavy atom. The zero-order valence-corrected chi connectivity index (χ0v) is 17.9. The van der Waals surface area contributed by atoms with Gasteiger partial charge in [-0.1, -0.05) is 48.2 Å². The Morgan fingerprint density at radius 3 is 2.50 bits per heavy atom. The summed E-state index contributed by atoms with van der Waals surface area (Å²) >= 11 is 2.73. The molecule has 0 radical (unpaired) electrons. The van der Waals surface area contributed by atoms with Crippen molar-refractivity contribution in [2.75, 3.05) is 18.7 Å². The van der Waals surface area contributed by atoms with Crippen LogP contribution in [0.4, 0.5) is 14.6 Å². The molecule has 1 N–H and O–H groups in total. The number of methoxy groups -OCH3 is 1. The van der Waals surface area contributed by atoms with E-state index in [1.807, 2.05) is 36.6 Å². The lowest BCUT2D eigenvalue weighted by Crippen LogP contribution is -2.14. The number of carbonyl (C=O) groups is 1.